The molecule has 0 bridgehead atoms. The van der Waals surface area contributed by atoms with E-state index in [9.17, 15) is 4.79 Å². The number of alkyl carbamates (subject to hydrolysis) is 1. The summed E-state index contributed by atoms with van der Waals surface area (Å²) >= 11 is 0. The highest BCUT2D eigenvalue weighted by Crippen LogP contribution is 2.18. The first-order chi connectivity index (χ1) is 11.2. The van der Waals surface area contributed by atoms with Crippen molar-refractivity contribution in [3.8, 4) is 17.6 Å². The number of rotatable bonds is 5. The number of aliphatic hydroxyl groups excluding tert-OH is 1. The standard InChI is InChI=1S/C19H27NO4/c1-6-16(20-18(22)24-19(3,4)5)12-11-15-9-7-8-10-17(15)23-14(2)13-21/h7-10,14,16,21H,6,13H2,1-5H3,(H,20,22). The van der Waals surface area contributed by atoms with Gasteiger partial charge in [-0.1, -0.05) is 30.9 Å². The van der Waals surface area contributed by atoms with Gasteiger partial charge in [0, 0.05) is 0 Å². The third kappa shape index (κ3) is 7.38. The summed E-state index contributed by atoms with van der Waals surface area (Å²) in [5, 5.41) is 11.9. The summed E-state index contributed by atoms with van der Waals surface area (Å²) in [7, 11) is 0. The molecule has 1 amide bonds. The second-order valence-electron chi connectivity index (χ2n) is 6.48. The molecule has 1 rings (SSSR count). The molecule has 0 aliphatic heterocycles. The fourth-order valence-corrected chi connectivity index (χ4v) is 1.78. The second kappa shape index (κ2) is 9.19. The van der Waals surface area contributed by atoms with E-state index in [0.29, 0.717) is 17.7 Å². The Hall–Kier alpha value is -2.19. The van der Waals surface area contributed by atoms with Crippen molar-refractivity contribution in [1.29, 1.82) is 0 Å². The summed E-state index contributed by atoms with van der Waals surface area (Å²) < 4.78 is 10.9. The van der Waals surface area contributed by atoms with Gasteiger partial charge in [0.2, 0.25) is 0 Å². The smallest absolute Gasteiger partial charge is 0.408 e. The molecule has 2 atom stereocenters. The van der Waals surface area contributed by atoms with E-state index in [1.807, 2.05) is 45.9 Å². The Morgan fingerprint density at radius 3 is 2.58 bits per heavy atom. The number of benzene rings is 1. The summed E-state index contributed by atoms with van der Waals surface area (Å²) in [5.41, 5.74) is 0.165. The zero-order valence-electron chi connectivity index (χ0n) is 15.1. The summed E-state index contributed by atoms with van der Waals surface area (Å²) in [4.78, 5) is 11.8. The molecule has 5 heteroatoms. The summed E-state index contributed by atoms with van der Waals surface area (Å²) in [6.07, 6.45) is -0.139. The van der Waals surface area contributed by atoms with Crippen LogP contribution in [0.4, 0.5) is 4.79 Å². The fourth-order valence-electron chi connectivity index (χ4n) is 1.78. The molecule has 0 radical (unpaired) electrons. The van der Waals surface area contributed by atoms with Crippen LogP contribution in [0.3, 0.4) is 0 Å². The predicted octanol–water partition coefficient (Wildman–Crippen LogP) is 3.10. The zero-order chi connectivity index (χ0) is 18.2. The molecule has 2 unspecified atom stereocenters. The Balaban J connectivity index is 2.82. The van der Waals surface area contributed by atoms with E-state index in [1.54, 1.807) is 13.0 Å². The lowest BCUT2D eigenvalue weighted by Gasteiger charge is -2.21. The van der Waals surface area contributed by atoms with Crippen molar-refractivity contribution in [2.45, 2.75) is 58.8 Å². The zero-order valence-corrected chi connectivity index (χ0v) is 15.1. The normalized spacial score (nSPS) is 13.2. The van der Waals surface area contributed by atoms with Gasteiger partial charge >= 0.3 is 6.09 Å². The molecule has 0 spiro atoms. The first kappa shape index (κ1) is 19.9. The van der Waals surface area contributed by atoms with E-state index in [2.05, 4.69) is 17.2 Å². The molecule has 0 heterocycles. The lowest BCUT2D eigenvalue weighted by Crippen LogP contribution is -2.38. The Kier molecular flexibility index (Phi) is 7.60. The van der Waals surface area contributed by atoms with Crippen molar-refractivity contribution < 1.29 is 19.4 Å². The van der Waals surface area contributed by atoms with Gasteiger partial charge in [-0.25, -0.2) is 4.79 Å². The molecule has 0 saturated carbocycles. The molecule has 0 saturated heterocycles. The molecular formula is C19H27NO4. The molecule has 2 N–H and O–H groups in total. The van der Waals surface area contributed by atoms with E-state index in [0.717, 1.165) is 0 Å². The third-order valence-electron chi connectivity index (χ3n) is 2.95. The van der Waals surface area contributed by atoms with E-state index < -0.39 is 11.7 Å². The van der Waals surface area contributed by atoms with E-state index in [4.69, 9.17) is 14.6 Å². The summed E-state index contributed by atoms with van der Waals surface area (Å²) in [6.45, 7) is 9.09. The molecule has 132 valence electrons. The van der Waals surface area contributed by atoms with Crippen molar-refractivity contribution in [2.75, 3.05) is 6.61 Å². The number of hydrogen-bond donors (Lipinski definition) is 2. The number of amides is 1. The predicted molar refractivity (Wildman–Crippen MR) is 93.9 cm³/mol. The van der Waals surface area contributed by atoms with E-state index >= 15 is 0 Å². The van der Waals surface area contributed by atoms with Crippen molar-refractivity contribution in [1.82, 2.24) is 5.32 Å². The molecule has 0 aliphatic carbocycles. The monoisotopic (exact) mass is 333 g/mol. The minimum atomic E-state index is -0.545. The average molecular weight is 333 g/mol. The summed E-state index contributed by atoms with van der Waals surface area (Å²) in [5.74, 6) is 6.67. The van der Waals surface area contributed by atoms with Gasteiger partial charge in [0.1, 0.15) is 17.5 Å². The lowest BCUT2D eigenvalue weighted by molar-refractivity contribution is 0.0515. The van der Waals surface area contributed by atoms with Crippen molar-refractivity contribution >= 4 is 6.09 Å². The van der Waals surface area contributed by atoms with Crippen molar-refractivity contribution in [2.24, 2.45) is 0 Å². The number of carbonyl (C=O) groups excluding carboxylic acids is 1. The first-order valence-corrected chi connectivity index (χ1v) is 8.12. The van der Waals surface area contributed by atoms with Gasteiger partial charge in [0.15, 0.2) is 0 Å². The molecule has 0 fully saturated rings. The van der Waals surface area contributed by atoms with Crippen molar-refractivity contribution in [3.63, 3.8) is 0 Å². The number of hydrogen-bond acceptors (Lipinski definition) is 4. The van der Waals surface area contributed by atoms with Crippen LogP contribution < -0.4 is 10.1 Å². The Labute approximate surface area is 144 Å². The quantitative estimate of drug-likeness (QED) is 0.813. The highest BCUT2D eigenvalue weighted by atomic mass is 16.6. The van der Waals surface area contributed by atoms with Gasteiger partial charge < -0.3 is 19.9 Å². The maximum Gasteiger partial charge on any atom is 0.408 e. The molecular weight excluding hydrogens is 306 g/mol. The SMILES string of the molecule is CCC(C#Cc1ccccc1OC(C)CO)NC(=O)OC(C)(C)C. The molecule has 24 heavy (non-hydrogen) atoms. The van der Waals surface area contributed by atoms with Crippen LogP contribution in [0.15, 0.2) is 24.3 Å². The van der Waals surface area contributed by atoms with Crippen LogP contribution in [-0.2, 0) is 4.74 Å². The average Bonchev–Trinajstić information content (AvgIpc) is 2.50. The van der Waals surface area contributed by atoms with Gasteiger partial charge in [-0.3, -0.25) is 0 Å². The largest absolute Gasteiger partial charge is 0.487 e. The van der Waals surface area contributed by atoms with Gasteiger partial charge in [-0.05, 0) is 46.2 Å². The fraction of sp³-hybridized carbons (Fsp3) is 0.526. The minimum absolute atomic E-state index is 0.0699. The number of aliphatic hydroxyl groups is 1. The topological polar surface area (TPSA) is 67.8 Å². The number of carbonyl (C=O) groups is 1. The van der Waals surface area contributed by atoms with Crippen LogP contribution in [0.25, 0.3) is 0 Å². The Bertz CT molecular complexity index is 595. The molecule has 1 aromatic rings. The van der Waals surface area contributed by atoms with E-state index in [-0.39, 0.29) is 18.8 Å². The molecule has 5 nitrogen and oxygen atoms in total. The maximum atomic E-state index is 11.8. The third-order valence-corrected chi connectivity index (χ3v) is 2.95. The highest BCUT2D eigenvalue weighted by molar-refractivity contribution is 5.68. The summed E-state index contributed by atoms with van der Waals surface area (Å²) in [6, 6.07) is 7.04. The van der Waals surface area contributed by atoms with Gasteiger partial charge in [0.25, 0.3) is 0 Å². The van der Waals surface area contributed by atoms with Crippen LogP contribution in [0.2, 0.25) is 0 Å². The maximum absolute atomic E-state index is 11.8. The number of para-hydroxylation sites is 1. The van der Waals surface area contributed by atoms with Gasteiger partial charge in [-0.2, -0.15) is 0 Å². The molecule has 0 aromatic heterocycles. The van der Waals surface area contributed by atoms with Crippen molar-refractivity contribution in [3.05, 3.63) is 29.8 Å². The highest BCUT2D eigenvalue weighted by Gasteiger charge is 2.17. The van der Waals surface area contributed by atoms with Crippen LogP contribution in [0.5, 0.6) is 5.75 Å². The lowest BCUT2D eigenvalue weighted by atomic mass is 10.1. The Morgan fingerprint density at radius 1 is 1.33 bits per heavy atom. The van der Waals surface area contributed by atoms with Crippen LogP contribution in [0.1, 0.15) is 46.6 Å². The molecule has 1 aromatic carbocycles. The Morgan fingerprint density at radius 2 is 2.00 bits per heavy atom. The van der Waals surface area contributed by atoms with Crippen LogP contribution in [0, 0.1) is 11.8 Å². The van der Waals surface area contributed by atoms with Gasteiger partial charge in [-0.15, -0.1) is 0 Å². The van der Waals surface area contributed by atoms with Gasteiger partial charge in [0.05, 0.1) is 18.2 Å². The van der Waals surface area contributed by atoms with Crippen LogP contribution in [-0.4, -0.2) is 35.6 Å². The first-order valence-electron chi connectivity index (χ1n) is 8.12. The van der Waals surface area contributed by atoms with E-state index in [1.165, 1.54) is 0 Å². The second-order valence-corrected chi connectivity index (χ2v) is 6.48. The molecule has 0 aliphatic rings. The minimum Gasteiger partial charge on any atom is -0.487 e. The van der Waals surface area contributed by atoms with Crippen LogP contribution >= 0.6 is 0 Å². The number of ether oxygens (including phenoxy) is 2. The number of nitrogens with one attached hydrogen (secondary N) is 1.